The monoisotopic (exact) mass is 337 g/mol. The highest BCUT2D eigenvalue weighted by molar-refractivity contribution is 5.95. The molecule has 0 aromatic heterocycles. The van der Waals surface area contributed by atoms with Crippen molar-refractivity contribution in [2.24, 2.45) is 0 Å². The van der Waals surface area contributed by atoms with Crippen molar-refractivity contribution < 1.29 is 28.5 Å². The summed E-state index contributed by atoms with van der Waals surface area (Å²) in [5, 5.41) is 0. The molecular weight excluding hydrogens is 314 g/mol. The predicted octanol–water partition coefficient (Wildman–Crippen LogP) is 1.85. The molecule has 1 aromatic rings. The van der Waals surface area contributed by atoms with Gasteiger partial charge in [-0.15, -0.1) is 0 Å². The first kappa shape index (κ1) is 18.1. The number of amides is 1. The fourth-order valence-corrected chi connectivity index (χ4v) is 2.36. The van der Waals surface area contributed by atoms with E-state index >= 15 is 0 Å². The predicted molar refractivity (Wildman–Crippen MR) is 86.2 cm³/mol. The van der Waals surface area contributed by atoms with Crippen molar-refractivity contribution in [1.82, 2.24) is 4.90 Å². The molecule has 1 aliphatic rings. The Kier molecular flexibility index (Phi) is 6.87. The molecule has 0 fully saturated rings. The quantitative estimate of drug-likeness (QED) is 0.506. The molecule has 132 valence electrons. The highest BCUT2D eigenvalue weighted by Gasteiger charge is 2.21. The third-order valence-corrected chi connectivity index (χ3v) is 3.64. The topological polar surface area (TPSA) is 74.3 Å². The normalized spacial score (nSPS) is 12.1. The molecule has 24 heavy (non-hydrogen) atoms. The highest BCUT2D eigenvalue weighted by atomic mass is 16.7. The molecule has 1 aliphatic heterocycles. The molecular formula is C17H23NO6. The zero-order chi connectivity index (χ0) is 17.4. The maximum absolute atomic E-state index is 12.7. The third-order valence-electron chi connectivity index (χ3n) is 3.64. The molecule has 0 aliphatic carbocycles. The van der Waals surface area contributed by atoms with E-state index in [-0.39, 0.29) is 25.1 Å². The van der Waals surface area contributed by atoms with Crippen LogP contribution in [0.2, 0.25) is 0 Å². The van der Waals surface area contributed by atoms with Crippen LogP contribution in [-0.4, -0.2) is 57.0 Å². The number of benzene rings is 1. The van der Waals surface area contributed by atoms with Crippen LogP contribution < -0.4 is 9.47 Å². The Morgan fingerprint density at radius 2 is 2.00 bits per heavy atom. The van der Waals surface area contributed by atoms with E-state index in [4.69, 9.17) is 14.2 Å². The van der Waals surface area contributed by atoms with Crippen molar-refractivity contribution in [3.8, 4) is 11.5 Å². The van der Waals surface area contributed by atoms with Crippen LogP contribution in [0.15, 0.2) is 18.2 Å². The molecule has 1 aromatic carbocycles. The van der Waals surface area contributed by atoms with Gasteiger partial charge in [-0.2, -0.15) is 0 Å². The Morgan fingerprint density at radius 1 is 1.21 bits per heavy atom. The minimum absolute atomic E-state index is 0.154. The van der Waals surface area contributed by atoms with E-state index in [1.807, 2.05) is 6.92 Å². The number of hydrogen-bond donors (Lipinski definition) is 0. The summed E-state index contributed by atoms with van der Waals surface area (Å²) in [7, 11) is 1.33. The molecule has 0 atom stereocenters. The Bertz CT molecular complexity index is 574. The lowest BCUT2D eigenvalue weighted by Crippen LogP contribution is -2.34. The first-order valence-electron chi connectivity index (χ1n) is 7.99. The number of ether oxygens (including phenoxy) is 4. The minimum Gasteiger partial charge on any atom is -0.469 e. The number of hydrogen-bond acceptors (Lipinski definition) is 6. The first-order valence-corrected chi connectivity index (χ1v) is 7.99. The number of carbonyl (C=O) groups excluding carboxylic acids is 2. The summed E-state index contributed by atoms with van der Waals surface area (Å²) < 4.78 is 20.5. The van der Waals surface area contributed by atoms with E-state index in [2.05, 4.69) is 4.74 Å². The van der Waals surface area contributed by atoms with E-state index < -0.39 is 0 Å². The van der Waals surface area contributed by atoms with Crippen LogP contribution in [-0.2, 0) is 14.3 Å². The Morgan fingerprint density at radius 3 is 2.75 bits per heavy atom. The highest BCUT2D eigenvalue weighted by Crippen LogP contribution is 2.32. The summed E-state index contributed by atoms with van der Waals surface area (Å²) in [6.45, 7) is 4.09. The number of methoxy groups -OCH3 is 1. The fraction of sp³-hybridized carbons (Fsp3) is 0.529. The van der Waals surface area contributed by atoms with Gasteiger partial charge in [-0.3, -0.25) is 9.59 Å². The van der Waals surface area contributed by atoms with Gasteiger partial charge in [-0.1, -0.05) is 0 Å². The van der Waals surface area contributed by atoms with E-state index in [0.29, 0.717) is 49.8 Å². The van der Waals surface area contributed by atoms with Crippen LogP contribution in [0.1, 0.15) is 30.1 Å². The second kappa shape index (κ2) is 9.12. The van der Waals surface area contributed by atoms with Crippen molar-refractivity contribution in [3.63, 3.8) is 0 Å². The van der Waals surface area contributed by atoms with Gasteiger partial charge in [0.25, 0.3) is 5.91 Å². The van der Waals surface area contributed by atoms with Crippen LogP contribution >= 0.6 is 0 Å². The minimum atomic E-state index is -0.344. The van der Waals surface area contributed by atoms with Crippen molar-refractivity contribution in [2.75, 3.05) is 40.2 Å². The first-order chi connectivity index (χ1) is 11.7. The Balaban J connectivity index is 2.02. The van der Waals surface area contributed by atoms with Gasteiger partial charge >= 0.3 is 5.97 Å². The molecule has 1 heterocycles. The summed E-state index contributed by atoms with van der Waals surface area (Å²) in [6, 6.07) is 5.08. The van der Waals surface area contributed by atoms with Crippen molar-refractivity contribution in [3.05, 3.63) is 23.8 Å². The summed E-state index contributed by atoms with van der Waals surface area (Å²) in [6.07, 6.45) is 0.854. The average molecular weight is 337 g/mol. The Labute approximate surface area is 141 Å². The SMILES string of the molecule is CCOCCCN(CCC(=O)OC)C(=O)c1ccc2c(c1)OCO2. The van der Waals surface area contributed by atoms with Crippen LogP contribution in [0.3, 0.4) is 0 Å². The van der Waals surface area contributed by atoms with Gasteiger partial charge in [0.05, 0.1) is 13.5 Å². The Hall–Kier alpha value is -2.28. The maximum atomic E-state index is 12.7. The number of esters is 1. The largest absolute Gasteiger partial charge is 0.469 e. The van der Waals surface area contributed by atoms with Gasteiger partial charge in [0, 0.05) is 31.9 Å². The second-order valence-corrected chi connectivity index (χ2v) is 5.24. The molecule has 0 spiro atoms. The van der Waals surface area contributed by atoms with E-state index in [1.54, 1.807) is 23.1 Å². The summed E-state index contributed by atoms with van der Waals surface area (Å²) >= 11 is 0. The lowest BCUT2D eigenvalue weighted by molar-refractivity contribution is -0.140. The fourth-order valence-electron chi connectivity index (χ4n) is 2.36. The standard InChI is InChI=1S/C17H23NO6/c1-3-22-10-4-8-18(9-7-16(19)21-2)17(20)13-5-6-14-15(11-13)24-12-23-14/h5-6,11H,3-4,7-10,12H2,1-2H3. The van der Waals surface area contributed by atoms with Crippen molar-refractivity contribution >= 4 is 11.9 Å². The molecule has 0 saturated heterocycles. The zero-order valence-corrected chi connectivity index (χ0v) is 14.1. The lowest BCUT2D eigenvalue weighted by Gasteiger charge is -2.22. The molecule has 7 nitrogen and oxygen atoms in total. The van der Waals surface area contributed by atoms with E-state index in [9.17, 15) is 9.59 Å². The zero-order valence-electron chi connectivity index (χ0n) is 14.1. The smallest absolute Gasteiger partial charge is 0.307 e. The second-order valence-electron chi connectivity index (χ2n) is 5.24. The third kappa shape index (κ3) is 4.86. The van der Waals surface area contributed by atoms with Gasteiger partial charge in [-0.05, 0) is 31.5 Å². The van der Waals surface area contributed by atoms with Crippen LogP contribution in [0.4, 0.5) is 0 Å². The molecule has 1 amide bonds. The maximum Gasteiger partial charge on any atom is 0.307 e. The number of carbonyl (C=O) groups is 2. The van der Waals surface area contributed by atoms with Gasteiger partial charge in [0.2, 0.25) is 6.79 Å². The van der Waals surface area contributed by atoms with Gasteiger partial charge < -0.3 is 23.8 Å². The van der Waals surface area contributed by atoms with Crippen LogP contribution in [0, 0.1) is 0 Å². The number of rotatable bonds is 9. The van der Waals surface area contributed by atoms with E-state index in [0.717, 1.165) is 0 Å². The number of nitrogens with zero attached hydrogens (tertiary/aromatic N) is 1. The molecule has 0 N–H and O–H groups in total. The van der Waals surface area contributed by atoms with Gasteiger partial charge in [-0.25, -0.2) is 0 Å². The summed E-state index contributed by atoms with van der Waals surface area (Å²) in [4.78, 5) is 25.8. The molecule has 7 heteroatoms. The molecule has 0 radical (unpaired) electrons. The summed E-state index contributed by atoms with van der Waals surface area (Å²) in [5.41, 5.74) is 0.500. The molecule has 0 unspecified atom stereocenters. The van der Waals surface area contributed by atoms with E-state index in [1.165, 1.54) is 7.11 Å². The lowest BCUT2D eigenvalue weighted by atomic mass is 10.1. The van der Waals surface area contributed by atoms with Crippen LogP contribution in [0.5, 0.6) is 11.5 Å². The van der Waals surface area contributed by atoms with Crippen molar-refractivity contribution in [2.45, 2.75) is 19.8 Å². The molecule has 0 bridgehead atoms. The van der Waals surface area contributed by atoms with Crippen molar-refractivity contribution in [1.29, 1.82) is 0 Å². The summed E-state index contributed by atoms with van der Waals surface area (Å²) in [5.74, 6) is 0.684. The number of fused-ring (bicyclic) bond motifs is 1. The van der Waals surface area contributed by atoms with Gasteiger partial charge in [0.15, 0.2) is 11.5 Å². The molecule has 0 saturated carbocycles. The average Bonchev–Trinajstić information content (AvgIpc) is 3.07. The molecule has 2 rings (SSSR count). The van der Waals surface area contributed by atoms with Gasteiger partial charge in [0.1, 0.15) is 0 Å². The van der Waals surface area contributed by atoms with Crippen LogP contribution in [0.25, 0.3) is 0 Å².